The van der Waals surface area contributed by atoms with Gasteiger partial charge in [0, 0.05) is 10.4 Å². The summed E-state index contributed by atoms with van der Waals surface area (Å²) >= 11 is 3.40. The summed E-state index contributed by atoms with van der Waals surface area (Å²) in [6.07, 6.45) is 2.79. The van der Waals surface area contributed by atoms with Gasteiger partial charge in [0.1, 0.15) is 0 Å². The van der Waals surface area contributed by atoms with E-state index in [4.69, 9.17) is 5.73 Å². The molecule has 0 unspecified atom stereocenters. The molecule has 0 aromatic heterocycles. The summed E-state index contributed by atoms with van der Waals surface area (Å²) in [5, 5.41) is 1.85. The lowest BCUT2D eigenvalue weighted by Crippen LogP contribution is -1.88. The molecule has 0 spiro atoms. The predicted molar refractivity (Wildman–Crippen MR) is 62.0 cm³/mol. The minimum absolute atomic E-state index is 0.778. The zero-order chi connectivity index (χ0) is 9.40. The maximum atomic E-state index is 5.20. The van der Waals surface area contributed by atoms with Gasteiger partial charge in [-0.3, -0.25) is 0 Å². The van der Waals surface area contributed by atoms with Crippen LogP contribution in [0.2, 0.25) is 0 Å². The van der Waals surface area contributed by atoms with Crippen molar-refractivity contribution < 1.29 is 0 Å². The molecule has 0 aromatic carbocycles. The van der Waals surface area contributed by atoms with Gasteiger partial charge >= 0.3 is 0 Å². The summed E-state index contributed by atoms with van der Waals surface area (Å²) in [6.45, 7) is 8.37. The van der Waals surface area contributed by atoms with Crippen molar-refractivity contribution in [1.29, 1.82) is 0 Å². The second kappa shape index (κ2) is 7.62. The van der Waals surface area contributed by atoms with Gasteiger partial charge in [0.2, 0.25) is 0 Å². The largest absolute Gasteiger partial charge is 0.404 e. The van der Waals surface area contributed by atoms with Crippen LogP contribution in [-0.4, -0.2) is 5.75 Å². The number of hydrogen-bond acceptors (Lipinski definition) is 3. The first kappa shape index (κ1) is 12.0. The van der Waals surface area contributed by atoms with E-state index in [0.29, 0.717) is 0 Å². The highest BCUT2D eigenvalue weighted by molar-refractivity contribution is 8.23. The molecule has 0 saturated heterocycles. The number of thioether (sulfide) groups is 2. The van der Waals surface area contributed by atoms with Gasteiger partial charge in [0.25, 0.3) is 0 Å². The normalized spacial score (nSPS) is 11.2. The molecule has 0 rings (SSSR count). The lowest BCUT2D eigenvalue weighted by Gasteiger charge is -2.04. The third-order valence-electron chi connectivity index (χ3n) is 1.24. The van der Waals surface area contributed by atoms with Crippen molar-refractivity contribution in [3.8, 4) is 0 Å². The Morgan fingerprint density at radius 1 is 1.58 bits per heavy atom. The molecule has 0 saturated carbocycles. The molecule has 0 aromatic rings. The van der Waals surface area contributed by atoms with Crippen LogP contribution in [0.4, 0.5) is 0 Å². The molecule has 0 aliphatic carbocycles. The van der Waals surface area contributed by atoms with E-state index in [1.54, 1.807) is 29.7 Å². The van der Waals surface area contributed by atoms with Crippen LogP contribution in [-0.2, 0) is 0 Å². The van der Waals surface area contributed by atoms with Crippen LogP contribution in [0, 0.1) is 5.92 Å². The van der Waals surface area contributed by atoms with E-state index in [-0.39, 0.29) is 0 Å². The second-order valence-electron chi connectivity index (χ2n) is 2.85. The third kappa shape index (κ3) is 8.08. The summed E-state index contributed by atoms with van der Waals surface area (Å²) < 4.78 is 1.12. The maximum absolute atomic E-state index is 5.20. The van der Waals surface area contributed by atoms with Crippen molar-refractivity contribution in [2.24, 2.45) is 11.7 Å². The standard InChI is InChI=1S/C9H17NS2/c1-8(2)4-6-11-9(3)12-7-5-10/h5,7-8H,3-4,6,10H2,1-2H3/b7-5-. The average Bonchev–Trinajstić information content (AvgIpc) is 2.00. The predicted octanol–water partition coefficient (Wildman–Crippen LogP) is 3.40. The molecule has 0 atom stereocenters. The molecule has 0 heterocycles. The molecule has 0 bridgehead atoms. The van der Waals surface area contributed by atoms with Crippen molar-refractivity contribution >= 4 is 23.5 Å². The summed E-state index contributed by atoms with van der Waals surface area (Å²) in [6, 6.07) is 0. The minimum atomic E-state index is 0.778. The van der Waals surface area contributed by atoms with Crippen LogP contribution >= 0.6 is 23.5 Å². The van der Waals surface area contributed by atoms with Crippen LogP contribution in [0.1, 0.15) is 20.3 Å². The molecule has 70 valence electrons. The molecule has 12 heavy (non-hydrogen) atoms. The molecule has 3 heteroatoms. The first-order chi connectivity index (χ1) is 5.66. The molecule has 0 aliphatic rings. The lowest BCUT2D eigenvalue weighted by molar-refractivity contribution is 0.632. The van der Waals surface area contributed by atoms with Gasteiger partial charge in [-0.1, -0.05) is 32.2 Å². The van der Waals surface area contributed by atoms with E-state index in [1.165, 1.54) is 6.42 Å². The van der Waals surface area contributed by atoms with Crippen LogP contribution in [0.5, 0.6) is 0 Å². The first-order valence-corrected chi connectivity index (χ1v) is 5.88. The molecule has 2 N–H and O–H groups in total. The highest BCUT2D eigenvalue weighted by atomic mass is 32.2. The van der Waals surface area contributed by atoms with Gasteiger partial charge in [-0.15, -0.1) is 11.8 Å². The van der Waals surface area contributed by atoms with Gasteiger partial charge in [-0.05, 0) is 23.5 Å². The van der Waals surface area contributed by atoms with Gasteiger partial charge < -0.3 is 5.73 Å². The second-order valence-corrected chi connectivity index (χ2v) is 5.30. The summed E-state index contributed by atoms with van der Waals surface area (Å²) in [7, 11) is 0. The molecule has 0 fully saturated rings. The Morgan fingerprint density at radius 2 is 2.25 bits per heavy atom. The highest BCUT2D eigenvalue weighted by Crippen LogP contribution is 2.28. The van der Waals surface area contributed by atoms with Gasteiger partial charge in [-0.2, -0.15) is 0 Å². The average molecular weight is 203 g/mol. The Hall–Kier alpha value is -0.0200. The van der Waals surface area contributed by atoms with E-state index < -0.39 is 0 Å². The van der Waals surface area contributed by atoms with Gasteiger partial charge in [0.15, 0.2) is 0 Å². The molecule has 0 amide bonds. The van der Waals surface area contributed by atoms with E-state index in [2.05, 4.69) is 20.4 Å². The Bertz CT molecular complexity index is 153. The summed E-state index contributed by atoms with van der Waals surface area (Å²) in [5.74, 6) is 1.93. The van der Waals surface area contributed by atoms with Gasteiger partial charge in [-0.25, -0.2) is 0 Å². The van der Waals surface area contributed by atoms with E-state index in [1.807, 2.05) is 5.41 Å². The summed E-state index contributed by atoms with van der Waals surface area (Å²) in [5.41, 5.74) is 5.20. The fourth-order valence-electron chi connectivity index (χ4n) is 0.558. The lowest BCUT2D eigenvalue weighted by atomic mass is 10.2. The van der Waals surface area contributed by atoms with Crippen molar-refractivity contribution in [3.05, 3.63) is 22.4 Å². The van der Waals surface area contributed by atoms with Crippen LogP contribution in [0.25, 0.3) is 0 Å². The fraction of sp³-hybridized carbons (Fsp3) is 0.556. The Kier molecular flexibility index (Phi) is 7.61. The zero-order valence-corrected chi connectivity index (χ0v) is 9.38. The Labute approximate surface area is 83.9 Å². The van der Waals surface area contributed by atoms with Crippen molar-refractivity contribution in [2.75, 3.05) is 5.75 Å². The van der Waals surface area contributed by atoms with E-state index in [0.717, 1.165) is 15.9 Å². The Balaban J connectivity index is 3.32. The maximum Gasteiger partial charge on any atom is 0.0372 e. The first-order valence-electron chi connectivity index (χ1n) is 4.02. The minimum Gasteiger partial charge on any atom is -0.404 e. The monoisotopic (exact) mass is 203 g/mol. The van der Waals surface area contributed by atoms with Crippen molar-refractivity contribution in [2.45, 2.75) is 20.3 Å². The fourth-order valence-corrected chi connectivity index (χ4v) is 2.29. The molecule has 0 aliphatic heterocycles. The molecule has 0 radical (unpaired) electrons. The molecular weight excluding hydrogens is 186 g/mol. The number of nitrogens with two attached hydrogens (primary N) is 1. The smallest absolute Gasteiger partial charge is 0.0372 e. The zero-order valence-electron chi connectivity index (χ0n) is 7.75. The molecular formula is C9H17NS2. The quantitative estimate of drug-likeness (QED) is 0.716. The summed E-state index contributed by atoms with van der Waals surface area (Å²) in [4.78, 5) is 0. The topological polar surface area (TPSA) is 26.0 Å². The van der Waals surface area contributed by atoms with Crippen molar-refractivity contribution in [1.82, 2.24) is 0 Å². The molecule has 1 nitrogen and oxygen atoms in total. The van der Waals surface area contributed by atoms with Gasteiger partial charge in [0.05, 0.1) is 0 Å². The highest BCUT2D eigenvalue weighted by Gasteiger charge is 1.96. The van der Waals surface area contributed by atoms with Crippen LogP contribution < -0.4 is 5.73 Å². The van der Waals surface area contributed by atoms with Crippen LogP contribution in [0.15, 0.2) is 22.4 Å². The number of rotatable bonds is 6. The van der Waals surface area contributed by atoms with Crippen molar-refractivity contribution in [3.63, 3.8) is 0 Å². The third-order valence-corrected chi connectivity index (χ3v) is 3.20. The SMILES string of the molecule is C=C(S/C=C\N)SCCC(C)C. The van der Waals surface area contributed by atoms with E-state index in [9.17, 15) is 0 Å². The van der Waals surface area contributed by atoms with E-state index >= 15 is 0 Å². The van der Waals surface area contributed by atoms with Crippen LogP contribution in [0.3, 0.4) is 0 Å². The Morgan fingerprint density at radius 3 is 2.75 bits per heavy atom. The number of hydrogen-bond donors (Lipinski definition) is 1.